The molecule has 0 spiro atoms. The number of ketones is 2. The summed E-state index contributed by atoms with van der Waals surface area (Å²) in [6.07, 6.45) is 1.04. The molecule has 0 aliphatic heterocycles. The number of amides is 4. The average Bonchev–Trinajstić information content (AvgIpc) is 3.26. The number of nitrogens with zero attached hydrogens (tertiary/aromatic N) is 4. The number of hydrogen-bond acceptors (Lipinski definition) is 10. The first-order valence-corrected chi connectivity index (χ1v) is 21.6. The number of rotatable bonds is 18. The molecule has 0 fully saturated rings. The number of halogens is 6. The Morgan fingerprint density at radius 1 is 0.469 bits per heavy atom. The van der Waals surface area contributed by atoms with Gasteiger partial charge in [-0.05, 0) is 86.3 Å². The minimum absolute atomic E-state index is 0.00649. The Labute approximate surface area is 397 Å². The van der Waals surface area contributed by atoms with Crippen LogP contribution in [0.15, 0.2) is 118 Å². The summed E-state index contributed by atoms with van der Waals surface area (Å²) in [7, 11) is 0. The second kappa shape index (κ2) is 23.3. The molecule has 64 heavy (non-hydrogen) atoms. The van der Waals surface area contributed by atoms with Crippen molar-refractivity contribution in [1.29, 1.82) is 0 Å². The van der Waals surface area contributed by atoms with Crippen LogP contribution in [0.5, 0.6) is 0 Å². The molecule has 5 aromatic rings. The number of para-hydroxylation sites is 2. The molecule has 4 N–H and O–H groups in total. The lowest BCUT2D eigenvalue weighted by atomic mass is 10.1. The molecule has 0 aromatic heterocycles. The minimum atomic E-state index is -1.69. The van der Waals surface area contributed by atoms with Crippen molar-refractivity contribution in [2.75, 3.05) is 33.0 Å². The highest BCUT2D eigenvalue weighted by Crippen LogP contribution is 2.37. The van der Waals surface area contributed by atoms with Crippen molar-refractivity contribution in [2.45, 2.75) is 38.8 Å². The zero-order valence-electron chi connectivity index (χ0n) is 33.7. The van der Waals surface area contributed by atoms with E-state index < -0.39 is 47.3 Å². The summed E-state index contributed by atoms with van der Waals surface area (Å²) in [5.74, 6) is -3.65. The second-order valence-electron chi connectivity index (χ2n) is 13.6. The lowest BCUT2D eigenvalue weighted by Crippen LogP contribution is -2.32. The van der Waals surface area contributed by atoms with Crippen LogP contribution >= 0.6 is 69.6 Å². The zero-order valence-corrected chi connectivity index (χ0v) is 38.3. The lowest BCUT2D eigenvalue weighted by molar-refractivity contribution is -0.127. The number of aryl methyl sites for hydroxylation is 2. The Morgan fingerprint density at radius 2 is 0.844 bits per heavy atom. The van der Waals surface area contributed by atoms with E-state index in [1.807, 2.05) is 24.3 Å². The maximum Gasteiger partial charge on any atom is 0.258 e. The van der Waals surface area contributed by atoms with E-state index in [4.69, 9.17) is 69.6 Å². The van der Waals surface area contributed by atoms with Crippen LogP contribution in [-0.4, -0.2) is 59.0 Å². The van der Waals surface area contributed by atoms with E-state index in [1.165, 1.54) is 48.5 Å². The third-order valence-corrected chi connectivity index (χ3v) is 11.2. The molecule has 330 valence electrons. The fourth-order valence-electron chi connectivity index (χ4n) is 5.87. The van der Waals surface area contributed by atoms with Crippen LogP contribution in [0.3, 0.4) is 0 Å². The fourth-order valence-corrected chi connectivity index (χ4v) is 7.20. The van der Waals surface area contributed by atoms with Gasteiger partial charge in [0.25, 0.3) is 23.6 Å². The van der Waals surface area contributed by atoms with E-state index in [-0.39, 0.29) is 54.0 Å². The van der Waals surface area contributed by atoms with Crippen molar-refractivity contribution >= 4 is 139 Å². The average molecular weight is 986 g/mol. The van der Waals surface area contributed by atoms with Gasteiger partial charge < -0.3 is 21.3 Å². The minimum Gasteiger partial charge on any atom is -0.322 e. The molecule has 0 aliphatic rings. The summed E-state index contributed by atoms with van der Waals surface area (Å²) in [5, 5.41) is 25.8. The monoisotopic (exact) mass is 982 g/mol. The van der Waals surface area contributed by atoms with E-state index in [0.29, 0.717) is 36.0 Å². The van der Waals surface area contributed by atoms with E-state index in [1.54, 1.807) is 24.3 Å². The Hall–Kier alpha value is -5.74. The summed E-state index contributed by atoms with van der Waals surface area (Å²) in [6, 6.07) is 22.4. The van der Waals surface area contributed by atoms with Gasteiger partial charge in [-0.1, -0.05) is 94.9 Å². The Kier molecular flexibility index (Phi) is 17.9. The summed E-state index contributed by atoms with van der Waals surface area (Å²) >= 11 is 37.9. The van der Waals surface area contributed by atoms with Crippen LogP contribution in [0.2, 0.25) is 20.1 Å². The van der Waals surface area contributed by atoms with Gasteiger partial charge >= 0.3 is 0 Å². The molecule has 0 heterocycles. The van der Waals surface area contributed by atoms with Crippen LogP contribution in [0.25, 0.3) is 0 Å². The van der Waals surface area contributed by atoms with Gasteiger partial charge in [-0.3, -0.25) is 28.8 Å². The topological polar surface area (TPSA) is 200 Å². The maximum absolute atomic E-state index is 13.3. The number of anilines is 4. The summed E-state index contributed by atoms with van der Waals surface area (Å²) in [5.41, 5.74) is 2.76. The highest BCUT2D eigenvalue weighted by molar-refractivity contribution is 6.46. The third-order valence-electron chi connectivity index (χ3n) is 9.13. The van der Waals surface area contributed by atoms with Gasteiger partial charge in [0.2, 0.25) is 12.1 Å². The van der Waals surface area contributed by atoms with Crippen molar-refractivity contribution in [3.63, 3.8) is 0 Å². The standard InChI is InChI=1S/C44H36Cl6N8O6/c1-23(59)39(57-55-33-15-7-11-27(35(33)47)41(61)51-29-13-5-3-9-25(29)19-21-45)43(63)53-31-17-18-32(38(50)37(31)49)54-44(64)40(24(2)60)58-56-34-16-8-12-28(36(34)48)42(62)52-30-14-6-4-10-26(30)20-22-46/h3-18,39-40H,19-22H2,1-2H3,(H,51,61)(H,52,62)(H,53,63)(H,54,64). The van der Waals surface area contributed by atoms with Gasteiger partial charge in [0.1, 0.15) is 11.4 Å². The Bertz CT molecular complexity index is 2500. The first kappa shape index (κ1) is 49.3. The van der Waals surface area contributed by atoms with Crippen LogP contribution in [0.1, 0.15) is 45.7 Å². The number of hydrogen-bond donors (Lipinski definition) is 4. The molecule has 5 aromatic carbocycles. The molecular formula is C44H36Cl6N8O6. The predicted molar refractivity (Wildman–Crippen MR) is 252 cm³/mol. The number of Topliss-reactive ketones (excluding diaryl/α,β-unsaturated/α-hetero) is 2. The molecule has 14 nitrogen and oxygen atoms in total. The molecule has 4 amide bonds. The molecule has 5 rings (SSSR count). The highest BCUT2D eigenvalue weighted by atomic mass is 35.5. The number of alkyl halides is 2. The molecule has 0 saturated carbocycles. The van der Waals surface area contributed by atoms with Gasteiger partial charge in [0.15, 0.2) is 11.6 Å². The van der Waals surface area contributed by atoms with Crippen molar-refractivity contribution in [1.82, 2.24) is 0 Å². The van der Waals surface area contributed by atoms with Crippen LogP contribution in [-0.2, 0) is 32.0 Å². The second-order valence-corrected chi connectivity index (χ2v) is 15.9. The molecule has 0 aliphatic carbocycles. The zero-order chi connectivity index (χ0) is 46.5. The Balaban J connectivity index is 1.27. The van der Waals surface area contributed by atoms with Crippen LogP contribution in [0.4, 0.5) is 34.1 Å². The number of benzene rings is 5. The number of azo groups is 2. The quantitative estimate of drug-likeness (QED) is 0.0382. The predicted octanol–water partition coefficient (Wildman–Crippen LogP) is 11.7. The fraction of sp³-hybridized carbons (Fsp3) is 0.182. The lowest BCUT2D eigenvalue weighted by Gasteiger charge is -2.15. The number of nitrogens with one attached hydrogen (secondary N) is 4. The number of carbonyl (C=O) groups is 6. The molecule has 0 bridgehead atoms. The van der Waals surface area contributed by atoms with Crippen molar-refractivity contribution < 1.29 is 28.8 Å². The molecule has 0 saturated heterocycles. The van der Waals surface area contributed by atoms with Gasteiger partial charge in [-0.2, -0.15) is 20.5 Å². The van der Waals surface area contributed by atoms with Crippen molar-refractivity contribution in [3.05, 3.63) is 139 Å². The van der Waals surface area contributed by atoms with Crippen molar-refractivity contribution in [3.8, 4) is 0 Å². The Morgan fingerprint density at radius 3 is 1.20 bits per heavy atom. The first-order valence-electron chi connectivity index (χ1n) is 19.0. The van der Waals surface area contributed by atoms with Crippen LogP contribution in [0, 0.1) is 0 Å². The van der Waals surface area contributed by atoms with Crippen LogP contribution < -0.4 is 21.3 Å². The largest absolute Gasteiger partial charge is 0.322 e. The summed E-state index contributed by atoms with van der Waals surface area (Å²) < 4.78 is 0. The van der Waals surface area contributed by atoms with Gasteiger partial charge in [-0.25, -0.2) is 0 Å². The molecule has 2 unspecified atom stereocenters. The molecule has 20 heteroatoms. The summed E-state index contributed by atoms with van der Waals surface area (Å²) in [4.78, 5) is 78.3. The number of carbonyl (C=O) groups excluding carboxylic acids is 6. The van der Waals surface area contributed by atoms with E-state index in [9.17, 15) is 28.8 Å². The maximum atomic E-state index is 13.3. The van der Waals surface area contributed by atoms with Gasteiger partial charge in [-0.15, -0.1) is 23.2 Å². The smallest absolute Gasteiger partial charge is 0.258 e. The first-order chi connectivity index (χ1) is 30.6. The van der Waals surface area contributed by atoms with Gasteiger partial charge in [0, 0.05) is 23.1 Å². The molecule has 2 atom stereocenters. The normalized spacial score (nSPS) is 12.1. The van der Waals surface area contributed by atoms with Gasteiger partial charge in [0.05, 0.1) is 42.6 Å². The SMILES string of the molecule is CC(=O)C(N=Nc1cccc(C(=O)Nc2ccccc2CCCl)c1Cl)C(=O)Nc1ccc(NC(=O)C(N=Nc2cccc(C(=O)Nc3ccccc3CCCl)c2Cl)C(C)=O)c(Cl)c1Cl. The highest BCUT2D eigenvalue weighted by Gasteiger charge is 2.28. The summed E-state index contributed by atoms with van der Waals surface area (Å²) in [6.45, 7) is 2.24. The van der Waals surface area contributed by atoms with Crippen molar-refractivity contribution in [2.24, 2.45) is 20.5 Å². The van der Waals surface area contributed by atoms with E-state index in [2.05, 4.69) is 41.7 Å². The molecular weight excluding hydrogens is 949 g/mol. The van der Waals surface area contributed by atoms with E-state index >= 15 is 0 Å². The molecule has 0 radical (unpaired) electrons. The third kappa shape index (κ3) is 12.5. The van der Waals surface area contributed by atoms with E-state index in [0.717, 1.165) is 25.0 Å².